The maximum absolute atomic E-state index is 13.8. The fraction of sp³-hybridized carbons (Fsp3) is 0.481. The fourth-order valence-electron chi connectivity index (χ4n) is 4.71. The third-order valence-corrected chi connectivity index (χ3v) is 8.53. The van der Waals surface area contributed by atoms with Crippen LogP contribution in [-0.4, -0.2) is 50.0 Å². The van der Waals surface area contributed by atoms with E-state index in [1.807, 2.05) is 19.9 Å². The molecule has 0 unspecified atom stereocenters. The molecule has 0 aliphatic heterocycles. The van der Waals surface area contributed by atoms with Crippen LogP contribution in [0.15, 0.2) is 36.4 Å². The molecule has 2 amide bonds. The topological polar surface area (TPSA) is 86.8 Å². The van der Waals surface area contributed by atoms with Crippen molar-refractivity contribution in [2.24, 2.45) is 0 Å². The van der Waals surface area contributed by atoms with Crippen molar-refractivity contribution in [1.82, 2.24) is 10.2 Å². The van der Waals surface area contributed by atoms with E-state index >= 15 is 0 Å². The maximum Gasteiger partial charge on any atom is 0.244 e. The third kappa shape index (κ3) is 7.85. The lowest BCUT2D eigenvalue weighted by atomic mass is 9.95. The van der Waals surface area contributed by atoms with E-state index in [-0.39, 0.29) is 18.5 Å². The van der Waals surface area contributed by atoms with Crippen LogP contribution >= 0.6 is 23.2 Å². The van der Waals surface area contributed by atoms with Crippen LogP contribution in [-0.2, 0) is 26.2 Å². The minimum absolute atomic E-state index is 0.0406. The summed E-state index contributed by atoms with van der Waals surface area (Å²) in [7, 11) is -3.80. The van der Waals surface area contributed by atoms with Crippen molar-refractivity contribution in [2.45, 2.75) is 71.5 Å². The first-order chi connectivity index (χ1) is 17.4. The highest BCUT2D eigenvalue weighted by molar-refractivity contribution is 7.92. The normalized spacial score (nSPS) is 15.2. The second-order valence-electron chi connectivity index (χ2n) is 9.86. The zero-order valence-corrected chi connectivity index (χ0v) is 24.1. The van der Waals surface area contributed by atoms with Crippen LogP contribution in [0.25, 0.3) is 0 Å². The maximum atomic E-state index is 13.8. The second kappa shape index (κ2) is 12.5. The first-order valence-electron chi connectivity index (χ1n) is 12.5. The molecule has 0 aromatic heterocycles. The Balaban J connectivity index is 1.94. The number of nitrogens with zero attached hydrogens (tertiary/aromatic N) is 2. The number of aryl methyl sites for hydroxylation is 2. The molecule has 37 heavy (non-hydrogen) atoms. The van der Waals surface area contributed by atoms with E-state index in [1.54, 1.807) is 37.3 Å². The van der Waals surface area contributed by atoms with E-state index in [4.69, 9.17) is 23.2 Å². The van der Waals surface area contributed by atoms with E-state index < -0.39 is 28.5 Å². The van der Waals surface area contributed by atoms with Crippen molar-refractivity contribution < 1.29 is 18.0 Å². The molecule has 3 rings (SSSR count). The number of carbonyl (C=O) groups is 2. The van der Waals surface area contributed by atoms with Crippen LogP contribution in [0.1, 0.15) is 55.7 Å². The number of benzene rings is 2. The van der Waals surface area contributed by atoms with Gasteiger partial charge in [-0.3, -0.25) is 13.9 Å². The first kappa shape index (κ1) is 29.3. The van der Waals surface area contributed by atoms with E-state index in [0.29, 0.717) is 21.3 Å². The van der Waals surface area contributed by atoms with Gasteiger partial charge < -0.3 is 10.2 Å². The van der Waals surface area contributed by atoms with Gasteiger partial charge in [0.2, 0.25) is 21.8 Å². The fourth-order valence-corrected chi connectivity index (χ4v) is 6.06. The molecule has 7 nitrogen and oxygen atoms in total. The quantitative estimate of drug-likeness (QED) is 0.448. The number of carbonyl (C=O) groups excluding carboxylic acids is 2. The van der Waals surface area contributed by atoms with Gasteiger partial charge in [0, 0.05) is 28.2 Å². The summed E-state index contributed by atoms with van der Waals surface area (Å²) < 4.78 is 26.6. The second-order valence-corrected chi connectivity index (χ2v) is 12.6. The number of halogens is 2. The number of hydrogen-bond acceptors (Lipinski definition) is 4. The molecule has 2 aromatic rings. The smallest absolute Gasteiger partial charge is 0.244 e. The third-order valence-electron chi connectivity index (χ3n) is 6.68. The summed E-state index contributed by atoms with van der Waals surface area (Å²) >= 11 is 12.8. The van der Waals surface area contributed by atoms with Crippen LogP contribution in [0.4, 0.5) is 5.69 Å². The molecule has 0 bridgehead atoms. The molecule has 1 fully saturated rings. The van der Waals surface area contributed by atoms with Crippen molar-refractivity contribution >= 4 is 50.7 Å². The summed E-state index contributed by atoms with van der Waals surface area (Å²) in [5.74, 6) is -0.826. The van der Waals surface area contributed by atoms with Gasteiger partial charge in [-0.25, -0.2) is 8.42 Å². The van der Waals surface area contributed by atoms with Gasteiger partial charge in [0.05, 0.1) is 11.9 Å². The Morgan fingerprint density at radius 1 is 1.03 bits per heavy atom. The van der Waals surface area contributed by atoms with Gasteiger partial charge in [-0.05, 0) is 69.0 Å². The summed E-state index contributed by atoms with van der Waals surface area (Å²) in [4.78, 5) is 28.4. The molecule has 0 radical (unpaired) electrons. The lowest BCUT2D eigenvalue weighted by molar-refractivity contribution is -0.139. The summed E-state index contributed by atoms with van der Waals surface area (Å²) in [6, 6.07) is 9.58. The lowest BCUT2D eigenvalue weighted by Crippen LogP contribution is -2.53. The van der Waals surface area contributed by atoms with Crippen LogP contribution in [0.2, 0.25) is 10.0 Å². The Bertz CT molecular complexity index is 1210. The predicted molar refractivity (Wildman–Crippen MR) is 150 cm³/mol. The van der Waals surface area contributed by atoms with Crippen LogP contribution in [0, 0.1) is 13.8 Å². The minimum atomic E-state index is -3.80. The minimum Gasteiger partial charge on any atom is -0.352 e. The molecule has 0 saturated heterocycles. The van der Waals surface area contributed by atoms with Gasteiger partial charge in [0.15, 0.2) is 0 Å². The molecule has 1 atom stereocenters. The van der Waals surface area contributed by atoms with Crippen molar-refractivity contribution in [3.63, 3.8) is 0 Å². The number of sulfonamides is 1. The van der Waals surface area contributed by atoms with Gasteiger partial charge in [0.1, 0.15) is 12.6 Å². The average molecular weight is 569 g/mol. The van der Waals surface area contributed by atoms with Gasteiger partial charge in [-0.15, -0.1) is 0 Å². The van der Waals surface area contributed by atoms with Crippen LogP contribution in [0.3, 0.4) is 0 Å². The molecule has 1 saturated carbocycles. The highest BCUT2D eigenvalue weighted by Crippen LogP contribution is 2.28. The number of amides is 2. The van der Waals surface area contributed by atoms with Gasteiger partial charge >= 0.3 is 0 Å². The SMILES string of the molecule is Cc1cc(C)cc(N(CC(=O)N(Cc2c(Cl)cccc2Cl)[C@H](C)C(=O)NC2CCCCC2)S(C)(=O)=O)c1. The number of nitrogens with one attached hydrogen (secondary N) is 1. The molecule has 1 aliphatic rings. The number of anilines is 1. The predicted octanol–water partition coefficient (Wildman–Crippen LogP) is 5.24. The molecule has 1 aliphatic carbocycles. The molecule has 10 heteroatoms. The molecule has 1 N–H and O–H groups in total. The van der Waals surface area contributed by atoms with Gasteiger partial charge in [-0.2, -0.15) is 0 Å². The first-order valence-corrected chi connectivity index (χ1v) is 15.1. The summed E-state index contributed by atoms with van der Waals surface area (Å²) in [5.41, 5.74) is 2.63. The van der Waals surface area contributed by atoms with E-state index in [0.717, 1.165) is 53.8 Å². The summed E-state index contributed by atoms with van der Waals surface area (Å²) in [5, 5.41) is 3.79. The van der Waals surface area contributed by atoms with E-state index in [2.05, 4.69) is 5.32 Å². The van der Waals surface area contributed by atoms with Crippen molar-refractivity contribution in [1.29, 1.82) is 0 Å². The zero-order chi connectivity index (χ0) is 27.3. The largest absolute Gasteiger partial charge is 0.352 e. The Kier molecular flexibility index (Phi) is 9.89. The van der Waals surface area contributed by atoms with Gasteiger partial charge in [0.25, 0.3) is 0 Å². The standard InChI is InChI=1S/C27H35Cl2N3O4S/c1-18-13-19(2)15-22(14-18)32(37(4,35)36)17-26(33)31(16-23-24(28)11-8-12-25(23)29)20(3)27(34)30-21-9-6-5-7-10-21/h8,11-15,20-21H,5-7,9-10,16-17H2,1-4H3,(H,30,34)/t20-/m1/s1. The molecule has 0 spiro atoms. The Morgan fingerprint density at radius 2 is 1.59 bits per heavy atom. The molecule has 202 valence electrons. The molecular formula is C27H35Cl2N3O4S. The molecule has 2 aromatic carbocycles. The van der Waals surface area contributed by atoms with E-state index in [9.17, 15) is 18.0 Å². The number of hydrogen-bond donors (Lipinski definition) is 1. The van der Waals surface area contributed by atoms with Crippen LogP contribution < -0.4 is 9.62 Å². The van der Waals surface area contributed by atoms with Crippen molar-refractivity contribution in [3.8, 4) is 0 Å². The molecular weight excluding hydrogens is 533 g/mol. The van der Waals surface area contributed by atoms with E-state index in [1.165, 1.54) is 4.90 Å². The molecule has 0 heterocycles. The van der Waals surface area contributed by atoms with Crippen molar-refractivity contribution in [2.75, 3.05) is 17.1 Å². The zero-order valence-electron chi connectivity index (χ0n) is 21.8. The van der Waals surface area contributed by atoms with Crippen molar-refractivity contribution in [3.05, 3.63) is 63.1 Å². The summed E-state index contributed by atoms with van der Waals surface area (Å²) in [6.07, 6.45) is 6.12. The Morgan fingerprint density at radius 3 is 2.14 bits per heavy atom. The Hall–Kier alpha value is -2.29. The van der Waals surface area contributed by atoms with Crippen LogP contribution in [0.5, 0.6) is 0 Å². The monoisotopic (exact) mass is 567 g/mol. The lowest BCUT2D eigenvalue weighted by Gasteiger charge is -2.33. The van der Waals surface area contributed by atoms with Gasteiger partial charge in [-0.1, -0.05) is 54.6 Å². The highest BCUT2D eigenvalue weighted by atomic mass is 35.5. The number of rotatable bonds is 9. The highest BCUT2D eigenvalue weighted by Gasteiger charge is 2.32. The summed E-state index contributed by atoms with van der Waals surface area (Å²) in [6.45, 7) is 4.86. The Labute approximate surface area is 230 Å². The average Bonchev–Trinajstić information content (AvgIpc) is 2.81.